The first-order valence-electron chi connectivity index (χ1n) is 10.1. The Morgan fingerprint density at radius 3 is 1.53 bits per heavy atom. The standard InChI is InChI=1S/C22H30O8/c1-5-7-12-27-19(23)15(3)29-21(25)17-10-9-11-18(14-17)22(26)30-16(4)20(24)28-13-8-6-2/h9-11,14-16H,5-8,12-13H2,1-4H3/t15-,16+. The van der Waals surface area contributed by atoms with Gasteiger partial charge in [0.05, 0.1) is 24.3 Å². The minimum absolute atomic E-state index is 0.0656. The number of benzene rings is 1. The molecule has 30 heavy (non-hydrogen) atoms. The Hall–Kier alpha value is -2.90. The minimum Gasteiger partial charge on any atom is -0.463 e. The van der Waals surface area contributed by atoms with Crippen molar-refractivity contribution < 1.29 is 38.1 Å². The van der Waals surface area contributed by atoms with Gasteiger partial charge in [-0.3, -0.25) is 0 Å². The van der Waals surface area contributed by atoms with E-state index in [4.69, 9.17) is 18.9 Å². The van der Waals surface area contributed by atoms with Crippen molar-refractivity contribution in [3.05, 3.63) is 35.4 Å². The zero-order valence-corrected chi connectivity index (χ0v) is 18.0. The van der Waals surface area contributed by atoms with Crippen molar-refractivity contribution in [3.8, 4) is 0 Å². The predicted octanol–water partition coefficient (Wildman–Crippen LogP) is 3.46. The molecule has 8 nitrogen and oxygen atoms in total. The van der Waals surface area contributed by atoms with Crippen LogP contribution in [-0.4, -0.2) is 49.3 Å². The summed E-state index contributed by atoms with van der Waals surface area (Å²) in [5, 5.41) is 0. The van der Waals surface area contributed by atoms with Crippen LogP contribution in [0.5, 0.6) is 0 Å². The third-order valence-electron chi connectivity index (χ3n) is 4.05. The third-order valence-corrected chi connectivity index (χ3v) is 4.05. The Morgan fingerprint density at radius 2 is 1.17 bits per heavy atom. The van der Waals surface area contributed by atoms with Crippen molar-refractivity contribution in [2.75, 3.05) is 13.2 Å². The summed E-state index contributed by atoms with van der Waals surface area (Å²) in [6.45, 7) is 7.28. The summed E-state index contributed by atoms with van der Waals surface area (Å²) in [5.41, 5.74) is 0.131. The van der Waals surface area contributed by atoms with Crippen molar-refractivity contribution in [1.29, 1.82) is 0 Å². The van der Waals surface area contributed by atoms with Crippen molar-refractivity contribution in [2.45, 2.75) is 65.6 Å². The van der Waals surface area contributed by atoms with Crippen LogP contribution in [0.25, 0.3) is 0 Å². The zero-order chi connectivity index (χ0) is 22.5. The fraction of sp³-hybridized carbons (Fsp3) is 0.545. The average Bonchev–Trinajstić information content (AvgIpc) is 2.73. The molecule has 0 saturated carbocycles. The normalized spacial score (nSPS) is 12.4. The van der Waals surface area contributed by atoms with Gasteiger partial charge in [-0.2, -0.15) is 0 Å². The Morgan fingerprint density at radius 1 is 0.767 bits per heavy atom. The quantitative estimate of drug-likeness (QED) is 0.286. The molecule has 1 aromatic rings. The molecule has 0 amide bonds. The van der Waals surface area contributed by atoms with Crippen LogP contribution in [0, 0.1) is 0 Å². The number of esters is 4. The van der Waals surface area contributed by atoms with Crippen LogP contribution in [-0.2, 0) is 28.5 Å². The van der Waals surface area contributed by atoms with Crippen LogP contribution in [0.3, 0.4) is 0 Å². The Balaban J connectivity index is 2.66. The van der Waals surface area contributed by atoms with Gasteiger partial charge in [-0.25, -0.2) is 19.2 Å². The van der Waals surface area contributed by atoms with Crippen LogP contribution in [0.15, 0.2) is 24.3 Å². The first-order chi connectivity index (χ1) is 14.3. The molecule has 0 saturated heterocycles. The molecule has 0 aliphatic carbocycles. The molecule has 0 spiro atoms. The number of carbonyl (C=O) groups is 4. The molecule has 0 aliphatic rings. The van der Waals surface area contributed by atoms with Gasteiger partial charge in [0.1, 0.15) is 0 Å². The topological polar surface area (TPSA) is 105 Å². The summed E-state index contributed by atoms with van der Waals surface area (Å²) in [6, 6.07) is 5.63. The summed E-state index contributed by atoms with van der Waals surface area (Å²) in [6.07, 6.45) is 1.03. The van der Waals surface area contributed by atoms with Crippen LogP contribution in [0.2, 0.25) is 0 Å². The molecule has 0 N–H and O–H groups in total. The van der Waals surface area contributed by atoms with Crippen molar-refractivity contribution in [3.63, 3.8) is 0 Å². The molecule has 0 fully saturated rings. The van der Waals surface area contributed by atoms with E-state index in [-0.39, 0.29) is 24.3 Å². The molecular weight excluding hydrogens is 392 g/mol. The van der Waals surface area contributed by atoms with Gasteiger partial charge < -0.3 is 18.9 Å². The molecule has 0 aliphatic heterocycles. The molecule has 2 atom stereocenters. The number of carbonyl (C=O) groups excluding carboxylic acids is 4. The first kappa shape index (κ1) is 25.1. The summed E-state index contributed by atoms with van der Waals surface area (Å²) < 4.78 is 20.2. The lowest BCUT2D eigenvalue weighted by atomic mass is 10.1. The maximum atomic E-state index is 12.3. The molecular formula is C22H30O8. The van der Waals surface area contributed by atoms with Gasteiger partial charge >= 0.3 is 23.9 Å². The highest BCUT2D eigenvalue weighted by molar-refractivity contribution is 5.96. The fourth-order valence-corrected chi connectivity index (χ4v) is 2.20. The molecule has 0 aromatic heterocycles. The number of unbranched alkanes of at least 4 members (excludes halogenated alkanes) is 2. The number of hydrogen-bond donors (Lipinski definition) is 0. The van der Waals surface area contributed by atoms with Gasteiger partial charge in [-0.15, -0.1) is 0 Å². The number of ether oxygens (including phenoxy) is 4. The second-order valence-electron chi connectivity index (χ2n) is 6.72. The number of hydrogen-bond acceptors (Lipinski definition) is 8. The van der Waals surface area contributed by atoms with E-state index in [9.17, 15) is 19.2 Å². The lowest BCUT2D eigenvalue weighted by Crippen LogP contribution is -2.27. The van der Waals surface area contributed by atoms with E-state index in [0.29, 0.717) is 0 Å². The fourth-order valence-electron chi connectivity index (χ4n) is 2.20. The Bertz CT molecular complexity index is 670. The van der Waals surface area contributed by atoms with Crippen molar-refractivity contribution in [1.82, 2.24) is 0 Å². The second kappa shape index (κ2) is 13.3. The largest absolute Gasteiger partial charge is 0.463 e. The van der Waals surface area contributed by atoms with E-state index < -0.39 is 36.1 Å². The monoisotopic (exact) mass is 422 g/mol. The zero-order valence-electron chi connectivity index (χ0n) is 18.0. The molecule has 1 rings (SSSR count). The predicted molar refractivity (Wildman–Crippen MR) is 108 cm³/mol. The van der Waals surface area contributed by atoms with Gasteiger partial charge in [-0.1, -0.05) is 32.8 Å². The maximum Gasteiger partial charge on any atom is 0.347 e. The van der Waals surface area contributed by atoms with Crippen LogP contribution in [0.4, 0.5) is 0 Å². The molecule has 8 heteroatoms. The highest BCUT2D eigenvalue weighted by atomic mass is 16.6. The van der Waals surface area contributed by atoms with E-state index in [1.54, 1.807) is 0 Å². The third kappa shape index (κ3) is 8.63. The molecule has 0 radical (unpaired) electrons. The van der Waals surface area contributed by atoms with Gasteiger partial charge in [0.15, 0.2) is 12.2 Å². The number of rotatable bonds is 12. The first-order valence-corrected chi connectivity index (χ1v) is 10.1. The van der Waals surface area contributed by atoms with E-state index in [0.717, 1.165) is 25.7 Å². The van der Waals surface area contributed by atoms with Crippen molar-refractivity contribution in [2.24, 2.45) is 0 Å². The SMILES string of the molecule is CCCCOC(=O)[C@H](C)OC(=O)c1cccc(C(=O)O[C@H](C)C(=O)OCCCC)c1. The van der Waals surface area contributed by atoms with Crippen LogP contribution < -0.4 is 0 Å². The Labute approximate surface area is 176 Å². The lowest BCUT2D eigenvalue weighted by molar-refractivity contribution is -0.153. The van der Waals surface area contributed by atoms with E-state index in [1.165, 1.54) is 38.1 Å². The smallest absolute Gasteiger partial charge is 0.347 e. The van der Waals surface area contributed by atoms with E-state index in [1.807, 2.05) is 13.8 Å². The summed E-state index contributed by atoms with van der Waals surface area (Å²) >= 11 is 0. The maximum absolute atomic E-state index is 12.3. The van der Waals surface area contributed by atoms with Crippen molar-refractivity contribution >= 4 is 23.9 Å². The second-order valence-corrected chi connectivity index (χ2v) is 6.72. The van der Waals surface area contributed by atoms with Gasteiger partial charge in [0.25, 0.3) is 0 Å². The minimum atomic E-state index is -1.08. The van der Waals surface area contributed by atoms with Gasteiger partial charge in [-0.05, 0) is 44.9 Å². The molecule has 0 unspecified atom stereocenters. The lowest BCUT2D eigenvalue weighted by Gasteiger charge is -2.14. The molecule has 1 aromatic carbocycles. The van der Waals surface area contributed by atoms with Gasteiger partial charge in [0, 0.05) is 0 Å². The van der Waals surface area contributed by atoms with E-state index in [2.05, 4.69) is 0 Å². The summed E-state index contributed by atoms with van der Waals surface area (Å²) in [7, 11) is 0. The molecule has 0 heterocycles. The van der Waals surface area contributed by atoms with Crippen LogP contribution in [0.1, 0.15) is 74.1 Å². The van der Waals surface area contributed by atoms with Gasteiger partial charge in [0.2, 0.25) is 0 Å². The summed E-state index contributed by atoms with van der Waals surface area (Å²) in [5.74, 6) is -2.83. The highest BCUT2D eigenvalue weighted by Gasteiger charge is 2.23. The van der Waals surface area contributed by atoms with E-state index >= 15 is 0 Å². The average molecular weight is 422 g/mol. The highest BCUT2D eigenvalue weighted by Crippen LogP contribution is 2.12. The van der Waals surface area contributed by atoms with Crippen LogP contribution >= 0.6 is 0 Å². The Kier molecular flexibility index (Phi) is 11.2. The summed E-state index contributed by atoms with van der Waals surface area (Å²) in [4.78, 5) is 48.2. The molecule has 166 valence electrons. The molecule has 0 bridgehead atoms.